The van der Waals surface area contributed by atoms with E-state index in [0.717, 1.165) is 20.1 Å². The lowest BCUT2D eigenvalue weighted by atomic mass is 10.1. The lowest BCUT2D eigenvalue weighted by Gasteiger charge is -2.14. The van der Waals surface area contributed by atoms with Gasteiger partial charge in [0.05, 0.1) is 23.5 Å². The fourth-order valence-electron chi connectivity index (χ4n) is 2.17. The van der Waals surface area contributed by atoms with Gasteiger partial charge < -0.3 is 0 Å². The van der Waals surface area contributed by atoms with Crippen molar-refractivity contribution in [1.29, 1.82) is 0 Å². The maximum absolute atomic E-state index is 12.1. The molecule has 3 rings (SSSR count). The molecule has 0 fully saturated rings. The molecular weight excluding hydrogens is 340 g/mol. The maximum atomic E-state index is 12.1. The average Bonchev–Trinajstić information content (AvgIpc) is 2.83. The van der Waals surface area contributed by atoms with E-state index in [0.29, 0.717) is 17.8 Å². The van der Waals surface area contributed by atoms with Crippen LogP contribution < -0.4 is 4.90 Å². The normalized spacial score (nSPS) is 14.1. The Kier molecular flexibility index (Phi) is 3.22. The molecule has 0 unspecified atom stereocenters. The highest BCUT2D eigenvalue weighted by Gasteiger charge is 2.36. The molecule has 0 saturated carbocycles. The molecule has 2 heterocycles. The van der Waals surface area contributed by atoms with Crippen LogP contribution in [0.15, 0.2) is 22.7 Å². The molecular formula is C14H11BrN2O2S. The van der Waals surface area contributed by atoms with Gasteiger partial charge in [0.25, 0.3) is 11.7 Å². The zero-order valence-electron chi connectivity index (χ0n) is 10.9. The lowest BCUT2D eigenvalue weighted by molar-refractivity contribution is -0.114. The van der Waals surface area contributed by atoms with Crippen LogP contribution in [0.25, 0.3) is 0 Å². The number of aromatic nitrogens is 1. The standard InChI is InChI=1S/C14H11BrN2O2S/c1-7-8(2)20-12(16-7)6-17-11-4-3-9(15)5-10(11)13(18)14(17)19/h3-5H,6H2,1-2H3. The third kappa shape index (κ3) is 2.09. The number of benzene rings is 1. The van der Waals surface area contributed by atoms with Gasteiger partial charge in [0, 0.05) is 9.35 Å². The predicted octanol–water partition coefficient (Wildman–Crippen LogP) is 3.25. The van der Waals surface area contributed by atoms with Gasteiger partial charge in [-0.3, -0.25) is 14.5 Å². The average molecular weight is 351 g/mol. The summed E-state index contributed by atoms with van der Waals surface area (Å²) in [4.78, 5) is 31.2. The zero-order chi connectivity index (χ0) is 14.4. The highest BCUT2D eigenvalue weighted by atomic mass is 79.9. The number of rotatable bonds is 2. The van der Waals surface area contributed by atoms with Crippen molar-refractivity contribution in [1.82, 2.24) is 4.98 Å². The van der Waals surface area contributed by atoms with E-state index in [1.807, 2.05) is 19.9 Å². The predicted molar refractivity (Wildman–Crippen MR) is 81.3 cm³/mol. The van der Waals surface area contributed by atoms with Crippen molar-refractivity contribution in [3.8, 4) is 0 Å². The summed E-state index contributed by atoms with van der Waals surface area (Å²) in [6, 6.07) is 5.31. The number of amides is 1. The summed E-state index contributed by atoms with van der Waals surface area (Å²) in [5.74, 6) is -0.935. The molecule has 1 aromatic heterocycles. The van der Waals surface area contributed by atoms with Gasteiger partial charge in [-0.15, -0.1) is 11.3 Å². The van der Waals surface area contributed by atoms with Crippen molar-refractivity contribution < 1.29 is 9.59 Å². The number of aryl methyl sites for hydroxylation is 2. The van der Waals surface area contributed by atoms with E-state index < -0.39 is 11.7 Å². The van der Waals surface area contributed by atoms with Crippen molar-refractivity contribution in [3.05, 3.63) is 43.8 Å². The Hall–Kier alpha value is -1.53. The number of hydrogen-bond acceptors (Lipinski definition) is 4. The second-order valence-electron chi connectivity index (χ2n) is 4.63. The first-order valence-corrected chi connectivity index (χ1v) is 7.67. The zero-order valence-corrected chi connectivity index (χ0v) is 13.3. The molecule has 0 N–H and O–H groups in total. The second kappa shape index (κ2) is 4.79. The molecule has 1 aliphatic heterocycles. The number of thiazole rings is 1. The van der Waals surface area contributed by atoms with Crippen molar-refractivity contribution in [2.45, 2.75) is 20.4 Å². The lowest BCUT2D eigenvalue weighted by Crippen LogP contribution is -2.29. The van der Waals surface area contributed by atoms with Crippen molar-refractivity contribution >= 4 is 44.6 Å². The molecule has 102 valence electrons. The van der Waals surface area contributed by atoms with E-state index in [1.165, 1.54) is 4.90 Å². The number of hydrogen-bond donors (Lipinski definition) is 0. The molecule has 0 spiro atoms. The van der Waals surface area contributed by atoms with E-state index in [-0.39, 0.29) is 0 Å². The van der Waals surface area contributed by atoms with Crippen LogP contribution >= 0.6 is 27.3 Å². The second-order valence-corrected chi connectivity index (χ2v) is 6.83. The number of nitrogens with zero attached hydrogens (tertiary/aromatic N) is 2. The SMILES string of the molecule is Cc1nc(CN2C(=O)C(=O)c3cc(Br)ccc32)sc1C. The van der Waals surface area contributed by atoms with Gasteiger partial charge in [-0.1, -0.05) is 15.9 Å². The third-order valence-electron chi connectivity index (χ3n) is 3.30. The van der Waals surface area contributed by atoms with Gasteiger partial charge in [-0.25, -0.2) is 4.98 Å². The Labute approximate surface area is 128 Å². The molecule has 1 amide bonds. The molecule has 0 aliphatic carbocycles. The summed E-state index contributed by atoms with van der Waals surface area (Å²) in [5.41, 5.74) is 2.09. The van der Waals surface area contributed by atoms with Gasteiger partial charge in [0.2, 0.25) is 0 Å². The Morgan fingerprint density at radius 1 is 1.30 bits per heavy atom. The van der Waals surface area contributed by atoms with Crippen LogP contribution in [0.4, 0.5) is 5.69 Å². The van der Waals surface area contributed by atoms with E-state index in [2.05, 4.69) is 20.9 Å². The van der Waals surface area contributed by atoms with Crippen molar-refractivity contribution in [3.63, 3.8) is 0 Å². The van der Waals surface area contributed by atoms with Gasteiger partial charge in [0.1, 0.15) is 5.01 Å². The fourth-order valence-corrected chi connectivity index (χ4v) is 3.46. The van der Waals surface area contributed by atoms with Crippen LogP contribution in [0.1, 0.15) is 25.9 Å². The van der Waals surface area contributed by atoms with Crippen LogP contribution in [0.5, 0.6) is 0 Å². The van der Waals surface area contributed by atoms with Crippen LogP contribution in [0.3, 0.4) is 0 Å². The van der Waals surface area contributed by atoms with E-state index in [4.69, 9.17) is 0 Å². The number of carbonyl (C=O) groups excluding carboxylic acids is 2. The van der Waals surface area contributed by atoms with Crippen LogP contribution in [0, 0.1) is 13.8 Å². The summed E-state index contributed by atoms with van der Waals surface area (Å²) >= 11 is 4.88. The minimum absolute atomic E-state index is 0.346. The number of halogens is 1. The first-order chi connectivity index (χ1) is 9.47. The molecule has 0 saturated heterocycles. The van der Waals surface area contributed by atoms with Gasteiger partial charge in [-0.2, -0.15) is 0 Å². The summed E-state index contributed by atoms with van der Waals surface area (Å²) < 4.78 is 0.792. The number of ketones is 1. The Bertz CT molecular complexity index is 719. The molecule has 1 aliphatic rings. The maximum Gasteiger partial charge on any atom is 0.299 e. The molecule has 0 radical (unpaired) electrons. The largest absolute Gasteiger partial charge is 0.299 e. The van der Waals surface area contributed by atoms with Crippen molar-refractivity contribution in [2.24, 2.45) is 0 Å². The van der Waals surface area contributed by atoms with Crippen molar-refractivity contribution in [2.75, 3.05) is 4.90 Å². The van der Waals surface area contributed by atoms with Gasteiger partial charge in [-0.05, 0) is 32.0 Å². The third-order valence-corrected chi connectivity index (χ3v) is 4.85. The summed E-state index contributed by atoms with van der Waals surface area (Å²) in [5, 5.41) is 0.844. The van der Waals surface area contributed by atoms with E-state index >= 15 is 0 Å². The van der Waals surface area contributed by atoms with Gasteiger partial charge in [0.15, 0.2) is 0 Å². The van der Waals surface area contributed by atoms with Crippen LogP contribution in [-0.4, -0.2) is 16.7 Å². The first-order valence-electron chi connectivity index (χ1n) is 6.06. The monoisotopic (exact) mass is 350 g/mol. The molecule has 20 heavy (non-hydrogen) atoms. The Balaban J connectivity index is 1.99. The summed E-state index contributed by atoms with van der Waals surface area (Å²) in [6.07, 6.45) is 0. The number of fused-ring (bicyclic) bond motifs is 1. The Morgan fingerprint density at radius 3 is 2.70 bits per heavy atom. The smallest absolute Gasteiger partial charge is 0.298 e. The summed E-state index contributed by atoms with van der Waals surface area (Å²) in [6.45, 7) is 4.29. The summed E-state index contributed by atoms with van der Waals surface area (Å²) in [7, 11) is 0. The minimum atomic E-state index is -0.483. The highest BCUT2D eigenvalue weighted by Crippen LogP contribution is 2.33. The molecule has 1 aromatic carbocycles. The number of Topliss-reactive ketones (excluding diaryl/α,β-unsaturated/α-hetero) is 1. The number of carbonyl (C=O) groups is 2. The van der Waals surface area contributed by atoms with Crippen LogP contribution in [-0.2, 0) is 11.3 Å². The first kappa shape index (κ1) is 13.5. The minimum Gasteiger partial charge on any atom is -0.298 e. The van der Waals surface area contributed by atoms with Gasteiger partial charge >= 0.3 is 0 Å². The highest BCUT2D eigenvalue weighted by molar-refractivity contribution is 9.10. The van der Waals surface area contributed by atoms with E-state index in [1.54, 1.807) is 23.5 Å². The Morgan fingerprint density at radius 2 is 2.05 bits per heavy atom. The number of anilines is 1. The molecule has 2 aromatic rings. The van der Waals surface area contributed by atoms with E-state index in [9.17, 15) is 9.59 Å². The fraction of sp³-hybridized carbons (Fsp3) is 0.214. The topological polar surface area (TPSA) is 50.3 Å². The molecule has 6 heteroatoms. The molecule has 4 nitrogen and oxygen atoms in total. The molecule has 0 bridgehead atoms. The molecule has 0 atom stereocenters. The van der Waals surface area contributed by atoms with Crippen LogP contribution in [0.2, 0.25) is 0 Å². The quantitative estimate of drug-likeness (QED) is 0.781.